The monoisotopic (exact) mass is 391 g/mol. The summed E-state index contributed by atoms with van der Waals surface area (Å²) in [6, 6.07) is 0. The molecule has 3 aliphatic heterocycles. The molecule has 0 N–H and O–H groups in total. The van der Waals surface area contributed by atoms with Crippen molar-refractivity contribution in [2.24, 2.45) is 11.8 Å². The van der Waals surface area contributed by atoms with Crippen molar-refractivity contribution in [2.45, 2.75) is 75.9 Å². The first kappa shape index (κ1) is 20.2. The van der Waals surface area contributed by atoms with Crippen LogP contribution in [-0.2, 0) is 18.9 Å². The summed E-state index contributed by atoms with van der Waals surface area (Å²) in [5.41, 5.74) is 0.828. The van der Waals surface area contributed by atoms with E-state index in [4.69, 9.17) is 18.9 Å². The number of amides is 1. The number of allylic oxidation sites excluding steroid dienone is 1. The van der Waals surface area contributed by atoms with Gasteiger partial charge in [-0.15, -0.1) is 0 Å². The van der Waals surface area contributed by atoms with Crippen LogP contribution in [0.3, 0.4) is 0 Å². The molecule has 4 aliphatic rings. The van der Waals surface area contributed by atoms with Crippen molar-refractivity contribution in [1.82, 2.24) is 4.90 Å². The Labute approximate surface area is 169 Å². The molecule has 0 radical (unpaired) electrons. The van der Waals surface area contributed by atoms with Crippen LogP contribution in [0, 0.1) is 11.8 Å². The molecule has 1 aliphatic carbocycles. The maximum absolute atomic E-state index is 12.6. The molecular formula is C21H34BNO5. The van der Waals surface area contributed by atoms with Gasteiger partial charge in [-0.25, -0.2) is 4.79 Å². The van der Waals surface area contributed by atoms with Crippen molar-refractivity contribution in [1.29, 1.82) is 0 Å². The Morgan fingerprint density at radius 3 is 2.64 bits per heavy atom. The zero-order valence-corrected chi connectivity index (χ0v) is 17.9. The Morgan fingerprint density at radius 1 is 1.36 bits per heavy atom. The first-order valence-corrected chi connectivity index (χ1v) is 10.8. The molecule has 0 bridgehead atoms. The summed E-state index contributed by atoms with van der Waals surface area (Å²) in [5.74, 6) is 0.689. The number of epoxide rings is 2. The SMILES string of the molecule is BCC1CN(C(=O)OC2CCC3(CO3)C(C3(C)OC3CC=C(C)C)C2OC)C1. The van der Waals surface area contributed by atoms with Gasteiger partial charge < -0.3 is 23.8 Å². The fraction of sp³-hybridized carbons (Fsp3) is 0.857. The minimum absolute atomic E-state index is 0.0758. The minimum Gasteiger partial charge on any atom is -0.443 e. The van der Waals surface area contributed by atoms with Crippen LogP contribution >= 0.6 is 0 Å². The normalized spacial score (nSPS) is 42.1. The van der Waals surface area contributed by atoms with E-state index in [1.165, 1.54) is 5.57 Å². The van der Waals surface area contributed by atoms with Crippen LogP contribution in [0.15, 0.2) is 11.6 Å². The van der Waals surface area contributed by atoms with Gasteiger partial charge in [-0.1, -0.05) is 18.0 Å². The van der Waals surface area contributed by atoms with Gasteiger partial charge in [0, 0.05) is 20.2 Å². The van der Waals surface area contributed by atoms with Gasteiger partial charge in [0.1, 0.15) is 31.3 Å². The number of likely N-dealkylation sites (tertiary alicyclic amines) is 1. The zero-order valence-electron chi connectivity index (χ0n) is 17.9. The molecule has 0 aromatic carbocycles. The van der Waals surface area contributed by atoms with Crippen molar-refractivity contribution in [3.8, 4) is 0 Å². The summed E-state index contributed by atoms with van der Waals surface area (Å²) >= 11 is 0. The van der Waals surface area contributed by atoms with Gasteiger partial charge in [0.2, 0.25) is 0 Å². The Bertz CT molecular complexity index is 641. The van der Waals surface area contributed by atoms with E-state index < -0.39 is 0 Å². The Kier molecular flexibility index (Phi) is 5.30. The summed E-state index contributed by atoms with van der Waals surface area (Å²) in [6.45, 7) is 8.75. The smallest absolute Gasteiger partial charge is 0.410 e. The third-order valence-electron chi connectivity index (χ3n) is 7.28. The number of carbonyl (C=O) groups is 1. The first-order chi connectivity index (χ1) is 13.3. The summed E-state index contributed by atoms with van der Waals surface area (Å²) in [5, 5.41) is 0. The van der Waals surface area contributed by atoms with Crippen LogP contribution in [-0.4, -0.2) is 75.2 Å². The number of rotatable bonds is 6. The fourth-order valence-electron chi connectivity index (χ4n) is 5.25. The second-order valence-corrected chi connectivity index (χ2v) is 9.48. The fourth-order valence-corrected chi connectivity index (χ4v) is 5.25. The van der Waals surface area contributed by atoms with Gasteiger partial charge in [-0.3, -0.25) is 0 Å². The lowest BCUT2D eigenvalue weighted by Gasteiger charge is -2.44. The average molecular weight is 391 g/mol. The third-order valence-corrected chi connectivity index (χ3v) is 7.28. The van der Waals surface area contributed by atoms with Gasteiger partial charge in [0.25, 0.3) is 0 Å². The Balaban J connectivity index is 1.45. The average Bonchev–Trinajstić information content (AvgIpc) is 3.51. The minimum atomic E-state index is -0.293. The molecule has 28 heavy (non-hydrogen) atoms. The van der Waals surface area contributed by atoms with Crippen LogP contribution in [0.25, 0.3) is 0 Å². The van der Waals surface area contributed by atoms with Crippen LogP contribution in [0.2, 0.25) is 6.32 Å². The number of nitrogens with zero attached hydrogens (tertiary/aromatic N) is 1. The molecule has 1 saturated carbocycles. The summed E-state index contributed by atoms with van der Waals surface area (Å²) in [7, 11) is 3.88. The van der Waals surface area contributed by atoms with Crippen molar-refractivity contribution < 1.29 is 23.7 Å². The van der Waals surface area contributed by atoms with E-state index >= 15 is 0 Å². The van der Waals surface area contributed by atoms with Gasteiger partial charge in [0.05, 0.1) is 18.6 Å². The van der Waals surface area contributed by atoms with Gasteiger partial charge in [-0.05, 0) is 46.0 Å². The molecule has 4 rings (SSSR count). The van der Waals surface area contributed by atoms with Crippen molar-refractivity contribution in [2.75, 3.05) is 26.8 Å². The predicted molar refractivity (Wildman–Crippen MR) is 108 cm³/mol. The highest BCUT2D eigenvalue weighted by molar-refractivity contribution is 6.08. The van der Waals surface area contributed by atoms with Crippen molar-refractivity contribution >= 4 is 13.9 Å². The molecule has 3 saturated heterocycles. The molecule has 156 valence electrons. The molecule has 1 amide bonds. The van der Waals surface area contributed by atoms with Crippen LogP contribution in [0.5, 0.6) is 0 Å². The molecule has 6 unspecified atom stereocenters. The van der Waals surface area contributed by atoms with E-state index in [1.54, 1.807) is 12.0 Å². The van der Waals surface area contributed by atoms with Crippen LogP contribution in [0.1, 0.15) is 40.0 Å². The second kappa shape index (κ2) is 7.33. The lowest BCUT2D eigenvalue weighted by molar-refractivity contribution is -0.124. The van der Waals surface area contributed by atoms with Crippen LogP contribution < -0.4 is 0 Å². The summed E-state index contributed by atoms with van der Waals surface area (Å²) < 4.78 is 24.0. The highest BCUT2D eigenvalue weighted by Crippen LogP contribution is 2.59. The molecule has 3 heterocycles. The van der Waals surface area contributed by atoms with Gasteiger partial charge in [0.15, 0.2) is 0 Å². The standard InChI is InChI=1S/C21H34BNO5/c1-13(2)5-6-16-20(3,28-16)18-17(25-4)15(7-8-21(18)12-26-21)27-19(24)23-10-14(9-22)11-23/h5,14-18H,6-12,22H2,1-4H3. The molecule has 0 aromatic heterocycles. The van der Waals surface area contributed by atoms with Crippen LogP contribution in [0.4, 0.5) is 4.79 Å². The highest BCUT2D eigenvalue weighted by Gasteiger charge is 2.72. The molecule has 0 aromatic rings. The maximum Gasteiger partial charge on any atom is 0.410 e. The lowest BCUT2D eigenvalue weighted by Crippen LogP contribution is -2.57. The number of ether oxygens (including phenoxy) is 4. The Hall–Kier alpha value is -1.05. The first-order valence-electron chi connectivity index (χ1n) is 10.8. The van der Waals surface area contributed by atoms with E-state index in [0.29, 0.717) is 5.92 Å². The van der Waals surface area contributed by atoms with E-state index in [0.717, 1.165) is 45.3 Å². The lowest BCUT2D eigenvalue weighted by atomic mass is 9.68. The van der Waals surface area contributed by atoms with E-state index in [-0.39, 0.29) is 41.5 Å². The second-order valence-electron chi connectivity index (χ2n) is 9.48. The zero-order chi connectivity index (χ0) is 20.1. The Morgan fingerprint density at radius 2 is 2.07 bits per heavy atom. The number of hydrogen-bond donors (Lipinski definition) is 0. The molecule has 7 heteroatoms. The quantitative estimate of drug-likeness (QED) is 0.395. The summed E-state index contributed by atoms with van der Waals surface area (Å²) in [6.07, 6.45) is 5.42. The predicted octanol–water partition coefficient (Wildman–Crippen LogP) is 2.18. The molecule has 1 spiro atoms. The van der Waals surface area contributed by atoms with Crippen molar-refractivity contribution in [3.05, 3.63) is 11.6 Å². The topological polar surface area (TPSA) is 63.8 Å². The molecule has 6 atom stereocenters. The molecule has 4 fully saturated rings. The number of hydrogen-bond acceptors (Lipinski definition) is 5. The van der Waals surface area contributed by atoms with E-state index in [1.807, 2.05) is 0 Å². The highest BCUT2D eigenvalue weighted by atomic mass is 16.6. The van der Waals surface area contributed by atoms with Crippen molar-refractivity contribution in [3.63, 3.8) is 0 Å². The van der Waals surface area contributed by atoms with E-state index in [9.17, 15) is 4.79 Å². The molecule has 6 nitrogen and oxygen atoms in total. The molecular weight excluding hydrogens is 357 g/mol. The number of carbonyl (C=O) groups excluding carboxylic acids is 1. The maximum atomic E-state index is 12.6. The largest absolute Gasteiger partial charge is 0.443 e. The number of methoxy groups -OCH3 is 1. The van der Waals surface area contributed by atoms with Gasteiger partial charge >= 0.3 is 6.09 Å². The van der Waals surface area contributed by atoms with Gasteiger partial charge in [-0.2, -0.15) is 0 Å². The summed E-state index contributed by atoms with van der Waals surface area (Å²) in [4.78, 5) is 14.4. The third kappa shape index (κ3) is 3.50. The van der Waals surface area contributed by atoms with E-state index in [2.05, 4.69) is 34.7 Å².